The number of hydrogen-bond donors (Lipinski definition) is 0. The molecule has 0 unspecified atom stereocenters. The molecule has 0 saturated carbocycles. The van der Waals surface area contributed by atoms with Crippen LogP contribution in [0, 0.1) is 0 Å². The van der Waals surface area contributed by atoms with Crippen molar-refractivity contribution < 1.29 is 9.47 Å². The van der Waals surface area contributed by atoms with Gasteiger partial charge in [-0.25, -0.2) is 0 Å². The molecule has 4 rings (SSSR count). The zero-order chi connectivity index (χ0) is 19.2. The van der Waals surface area contributed by atoms with E-state index in [1.54, 1.807) is 18.9 Å². The number of aryl methyl sites for hydroxylation is 1. The van der Waals surface area contributed by atoms with E-state index in [0.717, 1.165) is 60.5 Å². The van der Waals surface area contributed by atoms with E-state index < -0.39 is 0 Å². The van der Waals surface area contributed by atoms with Gasteiger partial charge in [-0.05, 0) is 37.0 Å². The van der Waals surface area contributed by atoms with Gasteiger partial charge in [0, 0.05) is 18.9 Å². The lowest BCUT2D eigenvalue weighted by Gasteiger charge is -2.13. The van der Waals surface area contributed by atoms with E-state index in [1.807, 2.05) is 30.3 Å². The van der Waals surface area contributed by atoms with Crippen molar-refractivity contribution in [3.63, 3.8) is 0 Å². The molecular weight excluding hydrogens is 370 g/mol. The second-order valence-corrected chi connectivity index (χ2v) is 7.83. The summed E-state index contributed by atoms with van der Waals surface area (Å²) in [6.07, 6.45) is 3.52. The summed E-state index contributed by atoms with van der Waals surface area (Å²) in [5, 5.41) is 9.97. The molecule has 1 atom stereocenters. The van der Waals surface area contributed by atoms with Gasteiger partial charge < -0.3 is 14.0 Å². The topological polar surface area (TPSA) is 49.2 Å². The Hall–Kier alpha value is -2.31. The van der Waals surface area contributed by atoms with Crippen molar-refractivity contribution >= 4 is 11.8 Å². The quantitative estimate of drug-likeness (QED) is 0.527. The van der Waals surface area contributed by atoms with E-state index in [0.29, 0.717) is 6.10 Å². The van der Waals surface area contributed by atoms with Crippen LogP contribution in [0.2, 0.25) is 0 Å². The number of para-hydroxylation sites is 1. The Kier molecular flexibility index (Phi) is 6.29. The Morgan fingerprint density at radius 2 is 1.93 bits per heavy atom. The maximum atomic E-state index is 5.77. The van der Waals surface area contributed by atoms with Crippen LogP contribution in [0.1, 0.15) is 18.4 Å². The number of thioether (sulfide) groups is 1. The Bertz CT molecular complexity index is 892. The monoisotopic (exact) mass is 395 g/mol. The minimum absolute atomic E-state index is 0.319. The third-order valence-electron chi connectivity index (χ3n) is 4.95. The summed E-state index contributed by atoms with van der Waals surface area (Å²) in [6, 6.07) is 18.5. The Labute approximate surface area is 170 Å². The number of nitrogens with zero attached hydrogens (tertiary/aromatic N) is 3. The van der Waals surface area contributed by atoms with Gasteiger partial charge >= 0.3 is 0 Å². The Morgan fingerprint density at radius 3 is 2.71 bits per heavy atom. The van der Waals surface area contributed by atoms with Crippen molar-refractivity contribution in [2.75, 3.05) is 19.5 Å². The van der Waals surface area contributed by atoms with Crippen molar-refractivity contribution in [1.82, 2.24) is 14.8 Å². The molecule has 1 saturated heterocycles. The summed E-state index contributed by atoms with van der Waals surface area (Å²) in [7, 11) is 1.69. The van der Waals surface area contributed by atoms with Crippen LogP contribution in [-0.4, -0.2) is 40.3 Å². The number of rotatable bonds is 8. The first-order valence-corrected chi connectivity index (χ1v) is 10.7. The lowest BCUT2D eigenvalue weighted by atomic mass is 10.1. The fraction of sp³-hybridized carbons (Fsp3) is 0.364. The van der Waals surface area contributed by atoms with Gasteiger partial charge in [0.2, 0.25) is 0 Å². The molecule has 6 heteroatoms. The first kappa shape index (κ1) is 19.0. The summed E-state index contributed by atoms with van der Waals surface area (Å²) >= 11 is 1.73. The van der Waals surface area contributed by atoms with E-state index in [4.69, 9.17) is 9.47 Å². The van der Waals surface area contributed by atoms with Gasteiger partial charge in [-0.15, -0.1) is 10.2 Å². The molecule has 0 amide bonds. The smallest absolute Gasteiger partial charge is 0.191 e. The first-order valence-electron chi connectivity index (χ1n) is 9.70. The molecule has 3 aromatic rings. The lowest BCUT2D eigenvalue weighted by molar-refractivity contribution is 0.129. The molecule has 0 N–H and O–H groups in total. The predicted octanol–water partition coefficient (Wildman–Crippen LogP) is 4.47. The molecule has 28 heavy (non-hydrogen) atoms. The maximum Gasteiger partial charge on any atom is 0.191 e. The van der Waals surface area contributed by atoms with Crippen LogP contribution in [-0.2, 0) is 17.7 Å². The maximum absolute atomic E-state index is 5.77. The third-order valence-corrected chi connectivity index (χ3v) is 6.05. The highest BCUT2D eigenvalue weighted by atomic mass is 32.2. The van der Waals surface area contributed by atoms with E-state index in [1.165, 1.54) is 5.56 Å². The summed E-state index contributed by atoms with van der Waals surface area (Å²) in [4.78, 5) is 0. The van der Waals surface area contributed by atoms with E-state index in [2.05, 4.69) is 39.0 Å². The molecule has 0 aliphatic carbocycles. The number of methoxy groups -OCH3 is 1. The second-order valence-electron chi connectivity index (χ2n) is 6.84. The van der Waals surface area contributed by atoms with Crippen LogP contribution in [0.15, 0.2) is 59.8 Å². The van der Waals surface area contributed by atoms with E-state index in [9.17, 15) is 0 Å². The van der Waals surface area contributed by atoms with Crippen molar-refractivity contribution in [3.05, 3.63) is 60.2 Å². The van der Waals surface area contributed by atoms with Crippen LogP contribution < -0.4 is 4.74 Å². The van der Waals surface area contributed by atoms with Gasteiger partial charge in [0.15, 0.2) is 11.0 Å². The number of hydrogen-bond acceptors (Lipinski definition) is 5. The van der Waals surface area contributed by atoms with E-state index >= 15 is 0 Å². The normalized spacial score (nSPS) is 16.4. The third kappa shape index (κ3) is 4.39. The van der Waals surface area contributed by atoms with Gasteiger partial charge in [-0.2, -0.15) is 0 Å². The van der Waals surface area contributed by atoms with Crippen LogP contribution in [0.25, 0.3) is 11.4 Å². The molecule has 1 fully saturated rings. The average molecular weight is 396 g/mol. The van der Waals surface area contributed by atoms with Crippen molar-refractivity contribution in [3.8, 4) is 17.1 Å². The molecule has 146 valence electrons. The molecule has 0 spiro atoms. The van der Waals surface area contributed by atoms with Gasteiger partial charge in [0.1, 0.15) is 5.75 Å². The Balaban J connectivity index is 1.61. The lowest BCUT2D eigenvalue weighted by Crippen LogP contribution is -2.10. The highest BCUT2D eigenvalue weighted by molar-refractivity contribution is 7.99. The second kappa shape index (κ2) is 9.26. The zero-order valence-corrected chi connectivity index (χ0v) is 16.9. The van der Waals surface area contributed by atoms with Gasteiger partial charge in [0.05, 0.1) is 18.8 Å². The summed E-state index contributed by atoms with van der Waals surface area (Å²) in [6.45, 7) is 1.69. The highest BCUT2D eigenvalue weighted by Gasteiger charge is 2.20. The van der Waals surface area contributed by atoms with Crippen LogP contribution in [0.3, 0.4) is 0 Å². The molecule has 5 nitrogen and oxygen atoms in total. The van der Waals surface area contributed by atoms with Crippen molar-refractivity contribution in [2.24, 2.45) is 0 Å². The van der Waals surface area contributed by atoms with Crippen molar-refractivity contribution in [1.29, 1.82) is 0 Å². The first-order chi connectivity index (χ1) is 13.8. The fourth-order valence-electron chi connectivity index (χ4n) is 3.45. The summed E-state index contributed by atoms with van der Waals surface area (Å²) in [5.74, 6) is 2.57. The molecule has 1 aliphatic rings. The van der Waals surface area contributed by atoms with Crippen LogP contribution >= 0.6 is 11.8 Å². The highest BCUT2D eigenvalue weighted by Crippen LogP contribution is 2.32. The van der Waals surface area contributed by atoms with Gasteiger partial charge in [0.25, 0.3) is 0 Å². The SMILES string of the molecule is COc1ccccc1-c1nnc(SC[C@@H]2CCCO2)n1CCc1ccccc1. The molecule has 0 bridgehead atoms. The van der Waals surface area contributed by atoms with Crippen molar-refractivity contribution in [2.45, 2.75) is 37.1 Å². The molecule has 1 aromatic heterocycles. The fourth-order valence-corrected chi connectivity index (χ4v) is 4.48. The largest absolute Gasteiger partial charge is 0.496 e. The minimum atomic E-state index is 0.319. The van der Waals surface area contributed by atoms with Crippen LogP contribution in [0.4, 0.5) is 0 Å². The number of aromatic nitrogens is 3. The van der Waals surface area contributed by atoms with E-state index in [-0.39, 0.29) is 0 Å². The minimum Gasteiger partial charge on any atom is -0.496 e. The zero-order valence-electron chi connectivity index (χ0n) is 16.1. The average Bonchev–Trinajstić information content (AvgIpc) is 3.41. The molecule has 2 aromatic carbocycles. The van der Waals surface area contributed by atoms with Crippen LogP contribution in [0.5, 0.6) is 5.75 Å². The predicted molar refractivity (Wildman–Crippen MR) is 112 cm³/mol. The molecule has 2 heterocycles. The molecule has 1 aliphatic heterocycles. The number of benzene rings is 2. The number of ether oxygens (including phenoxy) is 2. The standard InChI is InChI=1S/C22H25N3O2S/c1-26-20-12-6-5-11-19(20)21-23-24-22(28-16-18-10-7-15-27-18)25(21)14-13-17-8-3-2-4-9-17/h2-6,8-9,11-12,18H,7,10,13-16H2,1H3/t18-/m0/s1. The van der Waals surface area contributed by atoms with Gasteiger partial charge in [-0.3, -0.25) is 0 Å². The summed E-state index contributed by atoms with van der Waals surface area (Å²) < 4.78 is 13.5. The molecular formula is C22H25N3O2S. The molecule has 0 radical (unpaired) electrons. The Morgan fingerprint density at radius 1 is 1.11 bits per heavy atom. The summed E-state index contributed by atoms with van der Waals surface area (Å²) in [5.41, 5.74) is 2.27. The van der Waals surface area contributed by atoms with Gasteiger partial charge in [-0.1, -0.05) is 54.2 Å².